The van der Waals surface area contributed by atoms with Crippen LogP contribution in [0.15, 0.2) is 23.1 Å². The van der Waals surface area contributed by atoms with Crippen LogP contribution in [0.1, 0.15) is 16.8 Å². The number of carbonyl (C=O) groups is 1. The van der Waals surface area contributed by atoms with Gasteiger partial charge in [-0.1, -0.05) is 0 Å². The first-order chi connectivity index (χ1) is 5.77. The van der Waals surface area contributed by atoms with Crippen molar-refractivity contribution in [3.63, 3.8) is 0 Å². The maximum atomic E-state index is 11.3. The number of thioether (sulfide) groups is 1. The number of rotatable bonds is 0. The molecule has 0 saturated carbocycles. The van der Waals surface area contributed by atoms with E-state index < -0.39 is 0 Å². The van der Waals surface area contributed by atoms with Gasteiger partial charge in [0, 0.05) is 22.6 Å². The van der Waals surface area contributed by atoms with Crippen LogP contribution < -0.4 is 0 Å². The van der Waals surface area contributed by atoms with Crippen LogP contribution in [0.3, 0.4) is 0 Å². The molecule has 1 N–H and O–H groups in total. The molecule has 0 unspecified atom stereocenters. The highest BCUT2D eigenvalue weighted by atomic mass is 32.2. The van der Waals surface area contributed by atoms with Gasteiger partial charge in [0.15, 0.2) is 5.78 Å². The van der Waals surface area contributed by atoms with Crippen LogP contribution >= 0.6 is 11.8 Å². The first-order valence-electron chi connectivity index (χ1n) is 3.76. The van der Waals surface area contributed by atoms with E-state index in [2.05, 4.69) is 0 Å². The van der Waals surface area contributed by atoms with Crippen molar-refractivity contribution in [3.8, 4) is 5.75 Å². The van der Waals surface area contributed by atoms with Gasteiger partial charge >= 0.3 is 0 Å². The predicted molar refractivity (Wildman–Crippen MR) is 47.8 cm³/mol. The number of ketones is 1. The Kier molecular flexibility index (Phi) is 1.81. The number of Topliss-reactive ketones (excluding diaryl/α,β-unsaturated/α-hetero) is 1. The molecule has 0 radical (unpaired) electrons. The van der Waals surface area contributed by atoms with Crippen LogP contribution in [0.4, 0.5) is 0 Å². The van der Waals surface area contributed by atoms with E-state index in [9.17, 15) is 4.79 Å². The van der Waals surface area contributed by atoms with Gasteiger partial charge in [-0.2, -0.15) is 0 Å². The molecule has 0 amide bonds. The van der Waals surface area contributed by atoms with Crippen LogP contribution in [-0.2, 0) is 0 Å². The monoisotopic (exact) mass is 180 g/mol. The third-order valence-corrected chi connectivity index (χ3v) is 2.91. The van der Waals surface area contributed by atoms with Crippen molar-refractivity contribution in [2.45, 2.75) is 11.3 Å². The molecule has 1 aromatic rings. The molecule has 1 aliphatic heterocycles. The zero-order valence-corrected chi connectivity index (χ0v) is 7.23. The zero-order valence-electron chi connectivity index (χ0n) is 6.41. The molecule has 0 fully saturated rings. The number of benzene rings is 1. The molecule has 2 nitrogen and oxygen atoms in total. The first-order valence-corrected chi connectivity index (χ1v) is 4.75. The van der Waals surface area contributed by atoms with Crippen LogP contribution in [0.2, 0.25) is 0 Å². The van der Waals surface area contributed by atoms with Crippen molar-refractivity contribution < 1.29 is 9.90 Å². The second-order valence-corrected chi connectivity index (χ2v) is 3.84. The van der Waals surface area contributed by atoms with Crippen molar-refractivity contribution in [1.82, 2.24) is 0 Å². The number of hydrogen-bond donors (Lipinski definition) is 1. The molecule has 1 aromatic carbocycles. The Morgan fingerprint density at radius 1 is 1.42 bits per heavy atom. The molecule has 0 atom stereocenters. The Bertz CT molecular complexity index is 333. The normalized spacial score (nSPS) is 15.8. The summed E-state index contributed by atoms with van der Waals surface area (Å²) in [6, 6.07) is 4.90. The predicted octanol–water partition coefficient (Wildman–Crippen LogP) is 2.07. The Labute approximate surface area is 74.6 Å². The average molecular weight is 180 g/mol. The van der Waals surface area contributed by atoms with E-state index in [0.29, 0.717) is 6.42 Å². The highest BCUT2D eigenvalue weighted by Gasteiger charge is 2.17. The summed E-state index contributed by atoms with van der Waals surface area (Å²) in [4.78, 5) is 12.2. The molecule has 0 aliphatic carbocycles. The zero-order chi connectivity index (χ0) is 8.55. The summed E-state index contributed by atoms with van der Waals surface area (Å²) in [7, 11) is 0. The molecule has 0 bridgehead atoms. The number of hydrogen-bond acceptors (Lipinski definition) is 3. The fraction of sp³-hybridized carbons (Fsp3) is 0.222. The lowest BCUT2D eigenvalue weighted by Gasteiger charge is -2.13. The minimum atomic E-state index is 0.184. The van der Waals surface area contributed by atoms with Crippen LogP contribution in [0, 0.1) is 0 Å². The van der Waals surface area contributed by atoms with Gasteiger partial charge in [0.05, 0.1) is 0 Å². The van der Waals surface area contributed by atoms with E-state index in [1.807, 2.05) is 0 Å². The summed E-state index contributed by atoms with van der Waals surface area (Å²) in [5.41, 5.74) is 0.754. The Hall–Kier alpha value is -0.960. The maximum absolute atomic E-state index is 11.3. The van der Waals surface area contributed by atoms with Crippen molar-refractivity contribution in [3.05, 3.63) is 23.8 Å². The maximum Gasteiger partial charge on any atom is 0.164 e. The summed E-state index contributed by atoms with van der Waals surface area (Å²) in [6.45, 7) is 0. The van der Waals surface area contributed by atoms with Gasteiger partial charge in [0.1, 0.15) is 5.75 Å². The molecule has 0 saturated heterocycles. The second-order valence-electron chi connectivity index (χ2n) is 2.70. The van der Waals surface area contributed by atoms with E-state index in [1.54, 1.807) is 30.0 Å². The third kappa shape index (κ3) is 1.20. The lowest BCUT2D eigenvalue weighted by Crippen LogP contribution is -2.07. The van der Waals surface area contributed by atoms with Gasteiger partial charge in [-0.25, -0.2) is 0 Å². The third-order valence-electron chi connectivity index (χ3n) is 1.85. The Morgan fingerprint density at radius 2 is 2.25 bits per heavy atom. The largest absolute Gasteiger partial charge is 0.508 e. The van der Waals surface area contributed by atoms with Gasteiger partial charge < -0.3 is 5.11 Å². The standard InChI is InChI=1S/C9H8O2S/c10-6-1-2-7-8(11)3-4-12-9(7)5-6/h1-2,5,10H,3-4H2. The lowest BCUT2D eigenvalue weighted by atomic mass is 10.1. The van der Waals surface area contributed by atoms with E-state index in [0.717, 1.165) is 16.2 Å². The molecular formula is C9H8O2S. The summed E-state index contributed by atoms with van der Waals surface area (Å²) < 4.78 is 0. The van der Waals surface area contributed by atoms with E-state index in [4.69, 9.17) is 5.11 Å². The van der Waals surface area contributed by atoms with Crippen molar-refractivity contribution >= 4 is 17.5 Å². The molecule has 1 aliphatic rings. The summed E-state index contributed by atoms with van der Waals surface area (Å²) in [6.07, 6.45) is 0.614. The van der Waals surface area contributed by atoms with Gasteiger partial charge in [-0.3, -0.25) is 4.79 Å². The lowest BCUT2D eigenvalue weighted by molar-refractivity contribution is 0.0985. The molecule has 2 rings (SSSR count). The minimum absolute atomic E-state index is 0.184. The number of phenols is 1. The quantitative estimate of drug-likeness (QED) is 0.664. The molecule has 62 valence electrons. The van der Waals surface area contributed by atoms with E-state index >= 15 is 0 Å². The van der Waals surface area contributed by atoms with Gasteiger partial charge in [-0.05, 0) is 18.2 Å². The number of fused-ring (bicyclic) bond motifs is 1. The van der Waals surface area contributed by atoms with E-state index in [-0.39, 0.29) is 11.5 Å². The molecule has 0 aromatic heterocycles. The Morgan fingerprint density at radius 3 is 3.08 bits per heavy atom. The van der Waals surface area contributed by atoms with Gasteiger partial charge in [-0.15, -0.1) is 11.8 Å². The summed E-state index contributed by atoms with van der Waals surface area (Å²) >= 11 is 1.63. The Balaban J connectivity index is 2.53. The molecule has 3 heteroatoms. The van der Waals surface area contributed by atoms with Crippen LogP contribution in [-0.4, -0.2) is 16.6 Å². The number of phenolic OH excluding ortho intramolecular Hbond substituents is 1. The fourth-order valence-corrected chi connectivity index (χ4v) is 2.30. The summed E-state index contributed by atoms with van der Waals surface area (Å²) in [5.74, 6) is 1.25. The van der Waals surface area contributed by atoms with Crippen molar-refractivity contribution in [2.24, 2.45) is 0 Å². The minimum Gasteiger partial charge on any atom is -0.508 e. The fourth-order valence-electron chi connectivity index (χ4n) is 1.25. The first kappa shape index (κ1) is 7.68. The van der Waals surface area contributed by atoms with Crippen LogP contribution in [0.5, 0.6) is 5.75 Å². The highest BCUT2D eigenvalue weighted by Crippen LogP contribution is 2.32. The van der Waals surface area contributed by atoms with Gasteiger partial charge in [0.25, 0.3) is 0 Å². The SMILES string of the molecule is O=C1CCSc2cc(O)ccc21. The molecule has 1 heterocycles. The number of carbonyl (C=O) groups excluding carboxylic acids is 1. The number of aromatic hydroxyl groups is 1. The summed E-state index contributed by atoms with van der Waals surface area (Å²) in [5, 5.41) is 9.15. The van der Waals surface area contributed by atoms with E-state index in [1.165, 1.54) is 0 Å². The van der Waals surface area contributed by atoms with Crippen LogP contribution in [0.25, 0.3) is 0 Å². The van der Waals surface area contributed by atoms with Gasteiger partial charge in [0.2, 0.25) is 0 Å². The molecular weight excluding hydrogens is 172 g/mol. The molecule has 0 spiro atoms. The smallest absolute Gasteiger partial charge is 0.164 e. The highest BCUT2D eigenvalue weighted by molar-refractivity contribution is 7.99. The second kappa shape index (κ2) is 2.83. The van der Waals surface area contributed by atoms with Crippen molar-refractivity contribution in [1.29, 1.82) is 0 Å². The topological polar surface area (TPSA) is 37.3 Å². The average Bonchev–Trinajstić information content (AvgIpc) is 2.04. The molecule has 12 heavy (non-hydrogen) atoms. The van der Waals surface area contributed by atoms with Crippen molar-refractivity contribution in [2.75, 3.05) is 5.75 Å².